The second-order valence-electron chi connectivity index (χ2n) is 4.96. The highest BCUT2D eigenvalue weighted by Gasteiger charge is 2.28. The average Bonchev–Trinajstić information content (AvgIpc) is 2.86. The lowest BCUT2D eigenvalue weighted by Gasteiger charge is -2.19. The molecule has 104 valence electrons. The van der Waals surface area contributed by atoms with Crippen LogP contribution in [0.3, 0.4) is 0 Å². The molecule has 0 radical (unpaired) electrons. The molecular weight excluding hydrogens is 244 g/mol. The minimum Gasteiger partial charge on any atom is -0.366 e. The highest BCUT2D eigenvalue weighted by Crippen LogP contribution is 2.37. The molecule has 0 amide bonds. The molecule has 1 aromatic rings. The molecule has 1 aliphatic rings. The van der Waals surface area contributed by atoms with E-state index < -0.39 is 0 Å². The predicted octanol–water partition coefficient (Wildman–Crippen LogP) is 2.51. The van der Waals surface area contributed by atoms with Crippen molar-refractivity contribution >= 4 is 17.1 Å². The van der Waals surface area contributed by atoms with Crippen molar-refractivity contribution in [2.24, 2.45) is 11.8 Å². The number of benzene rings is 1. The SMILES string of the molecule is CCCC1CCN(c2cccc(NN)c2[N+](=O)[O-])C1. The van der Waals surface area contributed by atoms with E-state index >= 15 is 0 Å². The lowest BCUT2D eigenvalue weighted by Crippen LogP contribution is -2.21. The first-order valence-electron chi connectivity index (χ1n) is 6.66. The Morgan fingerprint density at radius 2 is 2.37 bits per heavy atom. The molecule has 1 aliphatic heterocycles. The monoisotopic (exact) mass is 264 g/mol. The number of nitrogens with one attached hydrogen (secondary N) is 1. The smallest absolute Gasteiger partial charge is 0.316 e. The van der Waals surface area contributed by atoms with Crippen molar-refractivity contribution in [3.05, 3.63) is 28.3 Å². The Morgan fingerprint density at radius 3 is 3.00 bits per heavy atom. The van der Waals surface area contributed by atoms with Crippen LogP contribution in [0.1, 0.15) is 26.2 Å². The van der Waals surface area contributed by atoms with E-state index in [0.29, 0.717) is 17.3 Å². The molecule has 2 rings (SSSR count). The van der Waals surface area contributed by atoms with E-state index in [4.69, 9.17) is 5.84 Å². The maximum atomic E-state index is 11.2. The number of hydrazine groups is 1. The third-order valence-electron chi connectivity index (χ3n) is 3.68. The lowest BCUT2D eigenvalue weighted by atomic mass is 10.0. The molecule has 6 nitrogen and oxygen atoms in total. The number of hydrogen-bond acceptors (Lipinski definition) is 5. The molecule has 0 bridgehead atoms. The molecule has 0 saturated carbocycles. The summed E-state index contributed by atoms with van der Waals surface area (Å²) in [5.74, 6) is 6.00. The summed E-state index contributed by atoms with van der Waals surface area (Å²) in [5, 5.41) is 11.2. The summed E-state index contributed by atoms with van der Waals surface area (Å²) in [5.41, 5.74) is 3.51. The van der Waals surface area contributed by atoms with Crippen molar-refractivity contribution in [3.63, 3.8) is 0 Å². The number of hydrogen-bond donors (Lipinski definition) is 2. The van der Waals surface area contributed by atoms with Crippen molar-refractivity contribution in [3.8, 4) is 0 Å². The zero-order chi connectivity index (χ0) is 13.8. The summed E-state index contributed by atoms with van der Waals surface area (Å²) >= 11 is 0. The van der Waals surface area contributed by atoms with Crippen molar-refractivity contribution in [1.29, 1.82) is 0 Å². The molecule has 1 fully saturated rings. The van der Waals surface area contributed by atoms with Crippen LogP contribution in [0.2, 0.25) is 0 Å². The van der Waals surface area contributed by atoms with Crippen LogP contribution in [0.25, 0.3) is 0 Å². The standard InChI is InChI=1S/C13H20N4O2/c1-2-4-10-7-8-16(9-10)12-6-3-5-11(15-14)13(12)17(18)19/h3,5-6,10,15H,2,4,7-9,14H2,1H3. The van der Waals surface area contributed by atoms with Gasteiger partial charge in [0.2, 0.25) is 0 Å². The van der Waals surface area contributed by atoms with E-state index in [9.17, 15) is 10.1 Å². The predicted molar refractivity (Wildman–Crippen MR) is 76.1 cm³/mol. The van der Waals surface area contributed by atoms with Crippen molar-refractivity contribution in [2.45, 2.75) is 26.2 Å². The fourth-order valence-corrected chi connectivity index (χ4v) is 2.79. The molecule has 1 atom stereocenters. The van der Waals surface area contributed by atoms with E-state index in [1.54, 1.807) is 18.2 Å². The zero-order valence-corrected chi connectivity index (χ0v) is 11.1. The van der Waals surface area contributed by atoms with E-state index in [-0.39, 0.29) is 10.6 Å². The highest BCUT2D eigenvalue weighted by atomic mass is 16.6. The molecule has 1 aromatic carbocycles. The topological polar surface area (TPSA) is 84.4 Å². The Labute approximate surface area is 112 Å². The fraction of sp³-hybridized carbons (Fsp3) is 0.538. The summed E-state index contributed by atoms with van der Waals surface area (Å²) in [6.45, 7) is 3.94. The third-order valence-corrected chi connectivity index (χ3v) is 3.68. The van der Waals surface area contributed by atoms with Gasteiger partial charge in [0, 0.05) is 13.1 Å². The van der Waals surface area contributed by atoms with E-state index in [1.165, 1.54) is 6.42 Å². The Kier molecular flexibility index (Phi) is 4.21. The van der Waals surface area contributed by atoms with Gasteiger partial charge in [-0.25, -0.2) is 0 Å². The number of nitrogens with two attached hydrogens (primary N) is 1. The molecule has 3 N–H and O–H groups in total. The van der Waals surface area contributed by atoms with E-state index in [1.807, 2.05) is 0 Å². The molecule has 0 aromatic heterocycles. The molecule has 0 aliphatic carbocycles. The van der Waals surface area contributed by atoms with Gasteiger partial charge >= 0.3 is 5.69 Å². The first kappa shape index (κ1) is 13.6. The Morgan fingerprint density at radius 1 is 1.58 bits per heavy atom. The van der Waals surface area contributed by atoms with Crippen LogP contribution in [0.4, 0.5) is 17.1 Å². The second kappa shape index (κ2) is 5.88. The molecular formula is C13H20N4O2. The molecule has 6 heteroatoms. The Bertz CT molecular complexity index is 464. The molecule has 1 unspecified atom stereocenters. The van der Waals surface area contributed by atoms with Gasteiger partial charge in [0.1, 0.15) is 11.4 Å². The van der Waals surface area contributed by atoms with Gasteiger partial charge in [-0.15, -0.1) is 0 Å². The molecule has 1 heterocycles. The van der Waals surface area contributed by atoms with E-state index in [2.05, 4.69) is 17.2 Å². The zero-order valence-electron chi connectivity index (χ0n) is 11.1. The van der Waals surface area contributed by atoms with Crippen LogP contribution in [-0.2, 0) is 0 Å². The van der Waals surface area contributed by atoms with Crippen molar-refractivity contribution in [2.75, 3.05) is 23.4 Å². The number of nitro benzene ring substituents is 1. The summed E-state index contributed by atoms with van der Waals surface area (Å²) in [7, 11) is 0. The number of nitrogen functional groups attached to an aromatic ring is 1. The number of para-hydroxylation sites is 1. The normalized spacial score (nSPS) is 18.6. The van der Waals surface area contributed by atoms with Crippen molar-refractivity contribution < 1.29 is 4.92 Å². The summed E-state index contributed by atoms with van der Waals surface area (Å²) in [4.78, 5) is 13.0. The van der Waals surface area contributed by atoms with E-state index in [0.717, 1.165) is 25.9 Å². The maximum absolute atomic E-state index is 11.2. The summed E-state index contributed by atoms with van der Waals surface area (Å²) in [6.07, 6.45) is 3.44. The van der Waals surface area contributed by atoms with Gasteiger partial charge in [-0.05, 0) is 30.9 Å². The van der Waals surface area contributed by atoms with Gasteiger partial charge in [-0.3, -0.25) is 16.0 Å². The van der Waals surface area contributed by atoms with Gasteiger partial charge in [-0.1, -0.05) is 19.4 Å². The van der Waals surface area contributed by atoms with Crippen LogP contribution < -0.4 is 16.2 Å². The molecule has 19 heavy (non-hydrogen) atoms. The Hall–Kier alpha value is -1.82. The largest absolute Gasteiger partial charge is 0.366 e. The van der Waals surface area contributed by atoms with Crippen LogP contribution in [0.5, 0.6) is 0 Å². The van der Waals surface area contributed by atoms with Gasteiger partial charge in [0.25, 0.3) is 0 Å². The van der Waals surface area contributed by atoms with Crippen LogP contribution in [-0.4, -0.2) is 18.0 Å². The maximum Gasteiger partial charge on any atom is 0.316 e. The van der Waals surface area contributed by atoms with Crippen LogP contribution >= 0.6 is 0 Å². The Balaban J connectivity index is 2.28. The third kappa shape index (κ3) is 2.78. The number of rotatable bonds is 5. The van der Waals surface area contributed by atoms with Crippen molar-refractivity contribution in [1.82, 2.24) is 0 Å². The first-order valence-corrected chi connectivity index (χ1v) is 6.66. The summed E-state index contributed by atoms with van der Waals surface area (Å²) in [6, 6.07) is 5.22. The number of nitrogens with zero attached hydrogens (tertiary/aromatic N) is 2. The summed E-state index contributed by atoms with van der Waals surface area (Å²) < 4.78 is 0. The first-order chi connectivity index (χ1) is 9.17. The quantitative estimate of drug-likeness (QED) is 0.485. The average molecular weight is 264 g/mol. The second-order valence-corrected chi connectivity index (χ2v) is 4.96. The van der Waals surface area contributed by atoms with Gasteiger partial charge < -0.3 is 10.3 Å². The van der Waals surface area contributed by atoms with Crippen LogP contribution in [0.15, 0.2) is 18.2 Å². The minimum absolute atomic E-state index is 0.0714. The van der Waals surface area contributed by atoms with Gasteiger partial charge in [0.15, 0.2) is 0 Å². The lowest BCUT2D eigenvalue weighted by molar-refractivity contribution is -0.383. The number of nitro groups is 1. The molecule has 0 spiro atoms. The van der Waals surface area contributed by atoms with Crippen LogP contribution in [0, 0.1) is 16.0 Å². The highest BCUT2D eigenvalue weighted by molar-refractivity contribution is 5.76. The van der Waals surface area contributed by atoms with Gasteiger partial charge in [-0.2, -0.15) is 0 Å². The molecule has 1 saturated heterocycles. The minimum atomic E-state index is -0.363. The fourth-order valence-electron chi connectivity index (χ4n) is 2.79. The van der Waals surface area contributed by atoms with Gasteiger partial charge in [0.05, 0.1) is 4.92 Å². The number of anilines is 2.